The minimum atomic E-state index is 0.509. The van der Waals surface area contributed by atoms with Crippen LogP contribution in [0.2, 0.25) is 10.0 Å². The fourth-order valence-corrected chi connectivity index (χ4v) is 2.78. The van der Waals surface area contributed by atoms with E-state index in [1.165, 1.54) is 0 Å². The van der Waals surface area contributed by atoms with Crippen LogP contribution in [0.4, 0.5) is 0 Å². The van der Waals surface area contributed by atoms with Crippen LogP contribution in [0.25, 0.3) is 0 Å². The van der Waals surface area contributed by atoms with E-state index in [0.29, 0.717) is 15.2 Å². The number of nitrogens with one attached hydrogen (secondary N) is 2. The van der Waals surface area contributed by atoms with Crippen molar-refractivity contribution in [2.45, 2.75) is 13.3 Å². The largest absolute Gasteiger partial charge is 0.379 e. The van der Waals surface area contributed by atoms with Crippen LogP contribution in [-0.4, -0.2) is 55.1 Å². The lowest BCUT2D eigenvalue weighted by molar-refractivity contribution is 0.0389. The van der Waals surface area contributed by atoms with Gasteiger partial charge in [0.15, 0.2) is 5.11 Å². The summed E-state index contributed by atoms with van der Waals surface area (Å²) in [5, 5.41) is 9.10. The van der Waals surface area contributed by atoms with Crippen LogP contribution >= 0.6 is 35.4 Å². The molecule has 0 amide bonds. The van der Waals surface area contributed by atoms with E-state index in [4.69, 9.17) is 40.2 Å². The Morgan fingerprint density at radius 3 is 2.71 bits per heavy atom. The van der Waals surface area contributed by atoms with Gasteiger partial charge in [0.1, 0.15) is 0 Å². The summed E-state index contributed by atoms with van der Waals surface area (Å²) >= 11 is 17.3. The third kappa shape index (κ3) is 6.18. The van der Waals surface area contributed by atoms with E-state index in [-0.39, 0.29) is 0 Å². The van der Waals surface area contributed by atoms with Crippen LogP contribution in [0, 0.1) is 0 Å². The van der Waals surface area contributed by atoms with E-state index in [9.17, 15) is 0 Å². The van der Waals surface area contributed by atoms with Crippen molar-refractivity contribution in [3.05, 3.63) is 33.8 Å². The Balaban J connectivity index is 1.80. The van der Waals surface area contributed by atoms with Gasteiger partial charge in [-0.3, -0.25) is 10.3 Å². The fraction of sp³-hybridized carbons (Fsp3) is 0.500. The zero-order valence-corrected chi connectivity index (χ0v) is 16.0. The Kier molecular flexibility index (Phi) is 8.21. The Morgan fingerprint density at radius 1 is 1.29 bits per heavy atom. The monoisotopic (exact) mass is 388 g/mol. The summed E-state index contributed by atoms with van der Waals surface area (Å²) in [6.07, 6.45) is 0.751. The molecular formula is C16H22Cl2N4OS. The Labute approximate surface area is 158 Å². The first kappa shape index (κ1) is 19.4. The zero-order valence-electron chi connectivity index (χ0n) is 13.6. The molecule has 0 saturated carbocycles. The highest BCUT2D eigenvalue weighted by Crippen LogP contribution is 2.23. The van der Waals surface area contributed by atoms with E-state index in [0.717, 1.165) is 57.1 Å². The number of rotatable bonds is 6. The van der Waals surface area contributed by atoms with Crippen LogP contribution in [-0.2, 0) is 4.74 Å². The number of ether oxygens (including phenoxy) is 1. The minimum absolute atomic E-state index is 0.509. The Hall–Kier alpha value is -0.920. The first-order chi connectivity index (χ1) is 11.6. The van der Waals surface area contributed by atoms with E-state index >= 15 is 0 Å². The predicted octanol–water partition coefficient (Wildman–Crippen LogP) is 2.90. The van der Waals surface area contributed by atoms with E-state index in [1.807, 2.05) is 19.1 Å². The summed E-state index contributed by atoms with van der Waals surface area (Å²) in [7, 11) is 0. The van der Waals surface area contributed by atoms with Gasteiger partial charge in [0.2, 0.25) is 0 Å². The molecule has 1 saturated heterocycles. The number of hydrogen-bond donors (Lipinski definition) is 2. The molecule has 0 aliphatic carbocycles. The summed E-state index contributed by atoms with van der Waals surface area (Å²) in [6.45, 7) is 7.28. The van der Waals surface area contributed by atoms with Gasteiger partial charge >= 0.3 is 0 Å². The van der Waals surface area contributed by atoms with E-state index in [1.54, 1.807) is 6.07 Å². The molecule has 8 heteroatoms. The lowest BCUT2D eigenvalue weighted by Crippen LogP contribution is -2.43. The highest BCUT2D eigenvalue weighted by Gasteiger charge is 2.09. The molecule has 5 nitrogen and oxygen atoms in total. The lowest BCUT2D eigenvalue weighted by atomic mass is 10.1. The molecule has 0 atom stereocenters. The number of hydrazone groups is 1. The number of nitrogens with zero attached hydrogens (tertiary/aromatic N) is 2. The van der Waals surface area contributed by atoms with Crippen molar-refractivity contribution in [1.82, 2.24) is 15.6 Å². The maximum absolute atomic E-state index is 6.06. The molecule has 0 aromatic heterocycles. The van der Waals surface area contributed by atoms with Crippen LogP contribution in [0.3, 0.4) is 0 Å². The molecular weight excluding hydrogens is 367 g/mol. The average molecular weight is 389 g/mol. The van der Waals surface area contributed by atoms with E-state index in [2.05, 4.69) is 20.7 Å². The summed E-state index contributed by atoms with van der Waals surface area (Å²) in [5.41, 5.74) is 4.69. The number of benzene rings is 1. The summed E-state index contributed by atoms with van der Waals surface area (Å²) in [5.74, 6) is 0. The molecule has 2 rings (SSSR count). The van der Waals surface area contributed by atoms with Crippen molar-refractivity contribution in [3.63, 3.8) is 0 Å². The highest BCUT2D eigenvalue weighted by molar-refractivity contribution is 7.80. The van der Waals surface area contributed by atoms with Crippen molar-refractivity contribution in [2.24, 2.45) is 5.10 Å². The van der Waals surface area contributed by atoms with Crippen LogP contribution < -0.4 is 10.7 Å². The maximum Gasteiger partial charge on any atom is 0.187 e. The normalized spacial score (nSPS) is 16.0. The molecule has 1 aromatic rings. The Bertz CT molecular complexity index is 591. The molecule has 1 aliphatic rings. The SMILES string of the molecule is CC/C(=N/NC(=S)NCCN1CCOCC1)c1ccc(Cl)c(Cl)c1. The standard InChI is InChI=1S/C16H22Cl2N4OS/c1-2-15(12-3-4-13(17)14(18)11-12)20-21-16(24)19-5-6-22-7-9-23-10-8-22/h3-4,11H,2,5-10H2,1H3,(H2,19,21,24)/b20-15-. The van der Waals surface area contributed by atoms with Gasteiger partial charge in [-0.1, -0.05) is 36.2 Å². The van der Waals surface area contributed by atoms with Gasteiger partial charge in [0, 0.05) is 26.2 Å². The molecule has 1 aliphatic heterocycles. The van der Waals surface area contributed by atoms with Crippen LogP contribution in [0.15, 0.2) is 23.3 Å². The zero-order chi connectivity index (χ0) is 17.4. The van der Waals surface area contributed by atoms with Crippen LogP contribution in [0.5, 0.6) is 0 Å². The summed E-state index contributed by atoms with van der Waals surface area (Å²) < 4.78 is 5.33. The van der Waals surface area contributed by atoms with Gasteiger partial charge in [0.05, 0.1) is 29.0 Å². The number of thiocarbonyl (C=S) groups is 1. The third-order valence-electron chi connectivity index (χ3n) is 3.70. The molecule has 1 heterocycles. The van der Waals surface area contributed by atoms with Gasteiger partial charge in [-0.25, -0.2) is 0 Å². The molecule has 1 aromatic carbocycles. The molecule has 0 unspecified atom stereocenters. The second-order valence-corrected chi connectivity index (χ2v) is 6.59. The average Bonchev–Trinajstić information content (AvgIpc) is 2.59. The molecule has 132 valence electrons. The second kappa shape index (κ2) is 10.2. The highest BCUT2D eigenvalue weighted by atomic mass is 35.5. The molecule has 24 heavy (non-hydrogen) atoms. The molecule has 1 fully saturated rings. The topological polar surface area (TPSA) is 48.9 Å². The molecule has 0 spiro atoms. The molecule has 0 radical (unpaired) electrons. The van der Waals surface area contributed by atoms with Crippen molar-refractivity contribution in [2.75, 3.05) is 39.4 Å². The maximum atomic E-state index is 6.06. The van der Waals surface area contributed by atoms with Crippen molar-refractivity contribution >= 4 is 46.2 Å². The minimum Gasteiger partial charge on any atom is -0.379 e. The fourth-order valence-electron chi connectivity index (χ4n) is 2.33. The first-order valence-corrected chi connectivity index (χ1v) is 9.12. The Morgan fingerprint density at radius 2 is 2.04 bits per heavy atom. The number of hydrogen-bond acceptors (Lipinski definition) is 4. The number of halogens is 2. The molecule has 0 bridgehead atoms. The van der Waals surface area contributed by atoms with Crippen molar-refractivity contribution in [3.8, 4) is 0 Å². The summed E-state index contributed by atoms with van der Waals surface area (Å²) in [6, 6.07) is 5.47. The van der Waals surface area contributed by atoms with Crippen molar-refractivity contribution < 1.29 is 4.74 Å². The quantitative estimate of drug-likeness (QED) is 0.445. The van der Waals surface area contributed by atoms with Crippen molar-refractivity contribution in [1.29, 1.82) is 0 Å². The van der Waals surface area contributed by atoms with Gasteiger partial charge in [-0.2, -0.15) is 5.10 Å². The smallest absolute Gasteiger partial charge is 0.187 e. The van der Waals surface area contributed by atoms with Gasteiger partial charge in [-0.15, -0.1) is 0 Å². The lowest BCUT2D eigenvalue weighted by Gasteiger charge is -2.26. The summed E-state index contributed by atoms with van der Waals surface area (Å²) in [4.78, 5) is 2.34. The number of morpholine rings is 1. The van der Waals surface area contributed by atoms with Crippen LogP contribution in [0.1, 0.15) is 18.9 Å². The van der Waals surface area contributed by atoms with E-state index < -0.39 is 0 Å². The second-order valence-electron chi connectivity index (χ2n) is 5.36. The molecule has 2 N–H and O–H groups in total. The predicted molar refractivity (Wildman–Crippen MR) is 104 cm³/mol. The van der Waals surface area contributed by atoms with Gasteiger partial charge < -0.3 is 10.1 Å². The van der Waals surface area contributed by atoms with Gasteiger partial charge in [0.25, 0.3) is 0 Å². The first-order valence-electron chi connectivity index (χ1n) is 7.96. The third-order valence-corrected chi connectivity index (χ3v) is 4.67. The van der Waals surface area contributed by atoms with Gasteiger partial charge in [-0.05, 0) is 36.3 Å².